The normalized spacial score (nSPS) is 9.65. The van der Waals surface area contributed by atoms with E-state index in [0.29, 0.717) is 22.6 Å². The third-order valence-electron chi connectivity index (χ3n) is 2.52. The molecule has 0 aliphatic heterocycles. The average molecular weight is 332 g/mol. The Labute approximate surface area is 123 Å². The van der Waals surface area contributed by atoms with Crippen LogP contribution in [0.5, 0.6) is 0 Å². The van der Waals surface area contributed by atoms with E-state index in [1.54, 1.807) is 24.3 Å². The fraction of sp³-hybridized carbons (Fsp3) is 0. The van der Waals surface area contributed by atoms with Gasteiger partial charge in [0.15, 0.2) is 0 Å². The van der Waals surface area contributed by atoms with Gasteiger partial charge in [-0.1, -0.05) is 15.9 Å². The molecule has 100 valence electrons. The highest BCUT2D eigenvalue weighted by molar-refractivity contribution is 9.10. The molecular weight excluding hydrogens is 322 g/mol. The van der Waals surface area contributed by atoms with Gasteiger partial charge in [-0.05, 0) is 30.3 Å². The van der Waals surface area contributed by atoms with Crippen LogP contribution in [0.2, 0.25) is 0 Å². The second-order valence-electron chi connectivity index (χ2n) is 3.83. The van der Waals surface area contributed by atoms with E-state index in [9.17, 15) is 4.79 Å². The SMILES string of the molecule is N#Cc1ccc(Br)cc1NC(=O)c1ccnc(NN)c1. The van der Waals surface area contributed by atoms with Crippen molar-refractivity contribution in [3.63, 3.8) is 0 Å². The van der Waals surface area contributed by atoms with Crippen LogP contribution in [0.15, 0.2) is 41.0 Å². The number of hydrogen-bond acceptors (Lipinski definition) is 5. The number of halogens is 1. The molecule has 0 aliphatic rings. The van der Waals surface area contributed by atoms with Gasteiger partial charge in [-0.25, -0.2) is 10.8 Å². The van der Waals surface area contributed by atoms with Crippen LogP contribution in [0.3, 0.4) is 0 Å². The number of nitrogens with zero attached hydrogens (tertiary/aromatic N) is 2. The standard InChI is InChI=1S/C13H10BrN5O/c14-10-2-1-9(7-15)11(6-10)18-13(20)8-3-4-17-12(5-8)19-16/h1-6H,16H2,(H,17,19)(H,18,20). The first-order chi connectivity index (χ1) is 9.63. The maximum absolute atomic E-state index is 12.1. The fourth-order valence-corrected chi connectivity index (χ4v) is 1.92. The number of nitrogens with one attached hydrogen (secondary N) is 2. The van der Waals surface area contributed by atoms with Gasteiger partial charge in [0.25, 0.3) is 5.91 Å². The van der Waals surface area contributed by atoms with E-state index in [1.807, 2.05) is 6.07 Å². The zero-order valence-corrected chi connectivity index (χ0v) is 11.8. The number of amides is 1. The predicted molar refractivity (Wildman–Crippen MR) is 78.9 cm³/mol. The van der Waals surface area contributed by atoms with E-state index in [2.05, 4.69) is 31.7 Å². The van der Waals surface area contributed by atoms with E-state index in [4.69, 9.17) is 11.1 Å². The smallest absolute Gasteiger partial charge is 0.255 e. The lowest BCUT2D eigenvalue weighted by molar-refractivity contribution is 0.102. The number of carbonyl (C=O) groups is 1. The van der Waals surface area contributed by atoms with Crippen molar-refractivity contribution in [1.82, 2.24) is 4.98 Å². The number of aromatic nitrogens is 1. The topological polar surface area (TPSA) is 104 Å². The van der Waals surface area contributed by atoms with Gasteiger partial charge >= 0.3 is 0 Å². The summed E-state index contributed by atoms with van der Waals surface area (Å²) >= 11 is 3.30. The molecule has 0 spiro atoms. The fourth-order valence-electron chi connectivity index (χ4n) is 1.56. The van der Waals surface area contributed by atoms with Gasteiger partial charge in [0.2, 0.25) is 0 Å². The maximum atomic E-state index is 12.1. The zero-order valence-electron chi connectivity index (χ0n) is 10.2. The molecule has 1 amide bonds. The Hall–Kier alpha value is -2.43. The van der Waals surface area contributed by atoms with Crippen molar-refractivity contribution in [3.05, 3.63) is 52.1 Å². The lowest BCUT2D eigenvalue weighted by atomic mass is 10.2. The van der Waals surface area contributed by atoms with Crippen molar-refractivity contribution in [2.24, 2.45) is 5.84 Å². The van der Waals surface area contributed by atoms with Crippen LogP contribution in [0.25, 0.3) is 0 Å². The Bertz CT molecular complexity index is 695. The van der Waals surface area contributed by atoms with Crippen molar-refractivity contribution < 1.29 is 4.79 Å². The van der Waals surface area contributed by atoms with Crippen molar-refractivity contribution >= 4 is 33.3 Å². The first-order valence-corrected chi connectivity index (χ1v) is 6.37. The number of benzene rings is 1. The highest BCUT2D eigenvalue weighted by atomic mass is 79.9. The van der Waals surface area contributed by atoms with Gasteiger partial charge in [0, 0.05) is 16.2 Å². The quantitative estimate of drug-likeness (QED) is 0.591. The highest BCUT2D eigenvalue weighted by Crippen LogP contribution is 2.21. The minimum Gasteiger partial charge on any atom is -0.321 e. The van der Waals surface area contributed by atoms with Crippen LogP contribution >= 0.6 is 15.9 Å². The van der Waals surface area contributed by atoms with Crippen LogP contribution in [0.4, 0.5) is 11.5 Å². The van der Waals surface area contributed by atoms with Gasteiger partial charge in [0.1, 0.15) is 11.9 Å². The highest BCUT2D eigenvalue weighted by Gasteiger charge is 2.10. The number of anilines is 2. The van der Waals surface area contributed by atoms with Crippen LogP contribution in [-0.2, 0) is 0 Å². The molecule has 20 heavy (non-hydrogen) atoms. The molecule has 6 nitrogen and oxygen atoms in total. The minimum absolute atomic E-state index is 0.349. The number of rotatable bonds is 3. The van der Waals surface area contributed by atoms with Crippen LogP contribution in [0.1, 0.15) is 15.9 Å². The number of nitrogens with two attached hydrogens (primary N) is 1. The Morgan fingerprint density at radius 2 is 2.15 bits per heavy atom. The van der Waals surface area contributed by atoms with Gasteiger partial charge in [0.05, 0.1) is 11.3 Å². The molecule has 0 saturated heterocycles. The Morgan fingerprint density at radius 1 is 1.35 bits per heavy atom. The van der Waals surface area contributed by atoms with Crippen LogP contribution in [-0.4, -0.2) is 10.9 Å². The number of nitriles is 1. The molecule has 4 N–H and O–H groups in total. The molecular formula is C13H10BrN5O. The van der Waals surface area contributed by atoms with Crippen molar-refractivity contribution in [3.8, 4) is 6.07 Å². The predicted octanol–water partition coefficient (Wildman–Crippen LogP) is 2.25. The molecule has 7 heteroatoms. The number of hydrazine groups is 1. The largest absolute Gasteiger partial charge is 0.321 e. The molecule has 0 saturated carbocycles. The molecule has 0 bridgehead atoms. The maximum Gasteiger partial charge on any atom is 0.255 e. The van der Waals surface area contributed by atoms with Gasteiger partial charge in [-0.3, -0.25) is 4.79 Å². The Kier molecular flexibility index (Phi) is 4.30. The third-order valence-corrected chi connectivity index (χ3v) is 3.01. The molecule has 0 atom stereocenters. The molecule has 1 aromatic heterocycles. The first kappa shape index (κ1) is 14.0. The number of carbonyl (C=O) groups excluding carboxylic acids is 1. The summed E-state index contributed by atoms with van der Waals surface area (Å²) in [5.74, 6) is 5.28. The zero-order chi connectivity index (χ0) is 14.5. The number of hydrogen-bond donors (Lipinski definition) is 3. The second kappa shape index (κ2) is 6.14. The van der Waals surface area contributed by atoms with Gasteiger partial charge in [-0.15, -0.1) is 0 Å². The Balaban J connectivity index is 2.28. The lowest BCUT2D eigenvalue weighted by Crippen LogP contribution is -2.15. The van der Waals surface area contributed by atoms with E-state index in [1.165, 1.54) is 12.3 Å². The summed E-state index contributed by atoms with van der Waals surface area (Å²) in [6, 6.07) is 10.1. The summed E-state index contributed by atoms with van der Waals surface area (Å²) in [5.41, 5.74) is 3.57. The molecule has 0 unspecified atom stereocenters. The molecule has 0 aliphatic carbocycles. The van der Waals surface area contributed by atoms with E-state index in [0.717, 1.165) is 4.47 Å². The van der Waals surface area contributed by atoms with Crippen molar-refractivity contribution in [2.75, 3.05) is 10.7 Å². The van der Waals surface area contributed by atoms with E-state index >= 15 is 0 Å². The molecule has 2 aromatic rings. The van der Waals surface area contributed by atoms with Crippen LogP contribution in [0, 0.1) is 11.3 Å². The number of nitrogen functional groups attached to an aromatic ring is 1. The van der Waals surface area contributed by atoms with Crippen molar-refractivity contribution in [2.45, 2.75) is 0 Å². The first-order valence-electron chi connectivity index (χ1n) is 5.57. The molecule has 1 aromatic carbocycles. The summed E-state index contributed by atoms with van der Waals surface area (Å²) < 4.78 is 0.769. The summed E-state index contributed by atoms with van der Waals surface area (Å²) in [4.78, 5) is 16.0. The third kappa shape index (κ3) is 3.12. The van der Waals surface area contributed by atoms with E-state index < -0.39 is 0 Å². The minimum atomic E-state index is -0.349. The second-order valence-corrected chi connectivity index (χ2v) is 4.75. The molecule has 0 radical (unpaired) electrons. The van der Waals surface area contributed by atoms with Gasteiger partial charge in [-0.2, -0.15) is 5.26 Å². The summed E-state index contributed by atoms with van der Waals surface area (Å²) in [6.07, 6.45) is 1.47. The molecule has 1 heterocycles. The lowest BCUT2D eigenvalue weighted by Gasteiger charge is -2.08. The average Bonchev–Trinajstić information content (AvgIpc) is 2.47. The molecule has 0 fully saturated rings. The number of pyridine rings is 1. The van der Waals surface area contributed by atoms with Crippen LogP contribution < -0.4 is 16.6 Å². The van der Waals surface area contributed by atoms with Crippen molar-refractivity contribution in [1.29, 1.82) is 5.26 Å². The van der Waals surface area contributed by atoms with E-state index in [-0.39, 0.29) is 5.91 Å². The Morgan fingerprint density at radius 3 is 2.85 bits per heavy atom. The summed E-state index contributed by atoms with van der Waals surface area (Å²) in [6.45, 7) is 0. The molecule has 2 rings (SSSR count). The van der Waals surface area contributed by atoms with Gasteiger partial charge < -0.3 is 10.7 Å². The summed E-state index contributed by atoms with van der Waals surface area (Å²) in [7, 11) is 0. The monoisotopic (exact) mass is 331 g/mol. The summed E-state index contributed by atoms with van der Waals surface area (Å²) in [5, 5.41) is 11.7.